The Morgan fingerprint density at radius 3 is 2.59 bits per heavy atom. The van der Waals surface area contributed by atoms with Gasteiger partial charge in [0.2, 0.25) is 0 Å². The van der Waals surface area contributed by atoms with Gasteiger partial charge >= 0.3 is 5.97 Å². The third-order valence-electron chi connectivity index (χ3n) is 3.74. The maximum atomic E-state index is 12.0. The van der Waals surface area contributed by atoms with E-state index in [4.69, 9.17) is 16.5 Å². The number of hydrogen-bond donors (Lipinski definition) is 0. The first-order valence-electron chi connectivity index (χ1n) is 6.33. The summed E-state index contributed by atoms with van der Waals surface area (Å²) in [7, 11) is 0. The van der Waals surface area contributed by atoms with Gasteiger partial charge in [0.1, 0.15) is 6.10 Å². The minimum atomic E-state index is -0.387. The van der Waals surface area contributed by atoms with E-state index in [-0.39, 0.29) is 23.0 Å². The van der Waals surface area contributed by atoms with Crippen LogP contribution in [0.4, 0.5) is 0 Å². The first-order valence-corrected chi connectivity index (χ1v) is 6.67. The third-order valence-corrected chi connectivity index (χ3v) is 4.37. The number of nitrogens with zero attached hydrogens (tertiary/aromatic N) is 1. The summed E-state index contributed by atoms with van der Waals surface area (Å²) in [5.41, 5.74) is -0.497. The second-order valence-electron chi connectivity index (χ2n) is 6.16. The molecule has 17 heavy (non-hydrogen) atoms. The van der Waals surface area contributed by atoms with E-state index in [1.807, 2.05) is 25.2 Å². The molecule has 1 aliphatic rings. The second-order valence-corrected chi connectivity index (χ2v) is 6.56. The molecule has 0 saturated carbocycles. The van der Waals surface area contributed by atoms with E-state index in [9.17, 15) is 4.79 Å². The van der Waals surface area contributed by atoms with Crippen LogP contribution in [0.3, 0.4) is 0 Å². The van der Waals surface area contributed by atoms with Crippen molar-refractivity contribution in [3.05, 3.63) is 0 Å². The molecule has 1 unspecified atom stereocenters. The highest BCUT2D eigenvalue weighted by Gasteiger charge is 2.37. The number of carbonyl (C=O) groups excluding carboxylic acids is 1. The summed E-state index contributed by atoms with van der Waals surface area (Å²) < 4.78 is 7.41. The topological polar surface area (TPSA) is 29.5 Å². The lowest BCUT2D eigenvalue weighted by molar-refractivity contribution is -0.163. The molecule has 1 heterocycles. The van der Waals surface area contributed by atoms with Crippen LogP contribution in [-0.2, 0) is 9.53 Å². The number of rotatable bonds is 3. The van der Waals surface area contributed by atoms with Gasteiger partial charge in [0.25, 0.3) is 0 Å². The van der Waals surface area contributed by atoms with Crippen LogP contribution in [0.1, 0.15) is 53.9 Å². The fourth-order valence-corrected chi connectivity index (χ4v) is 2.04. The normalized spacial score (nSPS) is 25.6. The van der Waals surface area contributed by atoms with Gasteiger partial charge in [-0.25, -0.2) is 4.42 Å². The van der Waals surface area contributed by atoms with Crippen molar-refractivity contribution < 1.29 is 9.53 Å². The Bertz CT molecular complexity index is 289. The van der Waals surface area contributed by atoms with E-state index in [2.05, 4.69) is 13.8 Å². The van der Waals surface area contributed by atoms with Crippen molar-refractivity contribution in [3.63, 3.8) is 0 Å². The summed E-state index contributed by atoms with van der Waals surface area (Å²) >= 11 is 6.12. The molecule has 0 amide bonds. The zero-order valence-electron chi connectivity index (χ0n) is 11.5. The van der Waals surface area contributed by atoms with Crippen molar-refractivity contribution in [3.8, 4) is 0 Å². The fourth-order valence-electron chi connectivity index (χ4n) is 1.87. The van der Waals surface area contributed by atoms with Gasteiger partial charge in [-0.15, -0.1) is 0 Å². The van der Waals surface area contributed by atoms with Crippen molar-refractivity contribution in [2.24, 2.45) is 5.41 Å². The molecule has 1 rings (SSSR count). The van der Waals surface area contributed by atoms with Gasteiger partial charge in [-0.05, 0) is 52.3 Å². The molecule has 1 fully saturated rings. The summed E-state index contributed by atoms with van der Waals surface area (Å²) in [6.45, 7) is 10.8. The maximum absolute atomic E-state index is 12.0. The van der Waals surface area contributed by atoms with E-state index < -0.39 is 0 Å². The molecule has 3 nitrogen and oxygen atoms in total. The van der Waals surface area contributed by atoms with Gasteiger partial charge in [-0.3, -0.25) is 4.79 Å². The third kappa shape index (κ3) is 3.59. The first kappa shape index (κ1) is 14.8. The summed E-state index contributed by atoms with van der Waals surface area (Å²) in [4.78, 5) is 12.0. The number of esters is 1. The van der Waals surface area contributed by atoms with Crippen LogP contribution >= 0.6 is 11.8 Å². The van der Waals surface area contributed by atoms with Gasteiger partial charge < -0.3 is 4.74 Å². The molecular formula is C13H24ClNO2. The lowest BCUT2D eigenvalue weighted by Gasteiger charge is -2.41. The zero-order chi connectivity index (χ0) is 13.3. The molecule has 1 saturated heterocycles. The Morgan fingerprint density at radius 1 is 1.53 bits per heavy atom. The highest BCUT2D eigenvalue weighted by molar-refractivity contribution is 6.13. The fraction of sp³-hybridized carbons (Fsp3) is 0.923. The van der Waals surface area contributed by atoms with E-state index >= 15 is 0 Å². The van der Waals surface area contributed by atoms with Crippen LogP contribution in [0.2, 0.25) is 0 Å². The maximum Gasteiger partial charge on any atom is 0.311 e. The van der Waals surface area contributed by atoms with Gasteiger partial charge in [-0.2, -0.15) is 0 Å². The largest absolute Gasteiger partial charge is 0.462 e. The summed E-state index contributed by atoms with van der Waals surface area (Å²) in [6.07, 6.45) is 2.41. The average Bonchev–Trinajstić information content (AvgIpc) is 2.23. The Morgan fingerprint density at radius 2 is 2.12 bits per heavy atom. The van der Waals surface area contributed by atoms with Gasteiger partial charge in [0.15, 0.2) is 0 Å². The molecular weight excluding hydrogens is 238 g/mol. The minimum absolute atomic E-state index is 0.00155. The molecule has 0 bridgehead atoms. The summed E-state index contributed by atoms with van der Waals surface area (Å²) in [5.74, 6) is -0.0937. The van der Waals surface area contributed by atoms with Crippen LogP contribution in [0.15, 0.2) is 0 Å². The Balaban J connectivity index is 2.57. The van der Waals surface area contributed by atoms with Crippen molar-refractivity contribution in [1.29, 1.82) is 0 Å². The summed E-state index contributed by atoms with van der Waals surface area (Å²) in [6, 6.07) is 0. The number of carbonyl (C=O) groups is 1. The van der Waals surface area contributed by atoms with Crippen LogP contribution < -0.4 is 0 Å². The summed E-state index contributed by atoms with van der Waals surface area (Å²) in [5, 5.41) is 0. The lowest BCUT2D eigenvalue weighted by Crippen LogP contribution is -2.48. The molecule has 0 aromatic carbocycles. The van der Waals surface area contributed by atoms with Gasteiger partial charge in [0, 0.05) is 18.5 Å². The molecule has 0 radical (unpaired) electrons. The predicted molar refractivity (Wildman–Crippen MR) is 69.8 cm³/mol. The second kappa shape index (κ2) is 5.15. The Hall–Kier alpha value is -0.280. The minimum Gasteiger partial charge on any atom is -0.462 e. The van der Waals surface area contributed by atoms with E-state index in [0.717, 1.165) is 25.8 Å². The van der Waals surface area contributed by atoms with Gasteiger partial charge in [0.05, 0.1) is 5.41 Å². The quantitative estimate of drug-likeness (QED) is 0.576. The van der Waals surface area contributed by atoms with Crippen LogP contribution in [0.25, 0.3) is 0 Å². The van der Waals surface area contributed by atoms with Crippen molar-refractivity contribution in [2.45, 2.75) is 65.5 Å². The predicted octanol–water partition coefficient (Wildman–Crippen LogP) is 3.36. The van der Waals surface area contributed by atoms with Crippen LogP contribution in [0, 0.1) is 5.41 Å². The van der Waals surface area contributed by atoms with Crippen LogP contribution in [-0.4, -0.2) is 28.6 Å². The Labute approximate surface area is 110 Å². The average molecular weight is 262 g/mol. The van der Waals surface area contributed by atoms with E-state index in [1.54, 1.807) is 0 Å². The van der Waals surface area contributed by atoms with E-state index in [0.29, 0.717) is 0 Å². The molecule has 0 spiro atoms. The number of piperidine rings is 1. The Kier molecular flexibility index (Phi) is 4.48. The first-order chi connectivity index (χ1) is 7.69. The highest BCUT2D eigenvalue weighted by atomic mass is 35.5. The molecule has 1 aliphatic heterocycles. The SMILES string of the molecule is CCC(C)(C)C(=O)OC1CCN(Cl)C(C)(C)C1. The van der Waals surface area contributed by atoms with Crippen molar-refractivity contribution >= 4 is 17.7 Å². The monoisotopic (exact) mass is 261 g/mol. The van der Waals surface area contributed by atoms with E-state index in [1.165, 1.54) is 0 Å². The highest BCUT2D eigenvalue weighted by Crippen LogP contribution is 2.32. The number of hydrogen-bond acceptors (Lipinski definition) is 3. The molecule has 0 N–H and O–H groups in total. The van der Waals surface area contributed by atoms with Gasteiger partial charge in [-0.1, -0.05) is 6.92 Å². The molecule has 100 valence electrons. The molecule has 4 heteroatoms. The lowest BCUT2D eigenvalue weighted by atomic mass is 9.88. The van der Waals surface area contributed by atoms with Crippen molar-refractivity contribution in [2.75, 3.05) is 6.54 Å². The molecule has 0 aromatic rings. The molecule has 0 aromatic heterocycles. The van der Waals surface area contributed by atoms with Crippen molar-refractivity contribution in [1.82, 2.24) is 4.42 Å². The molecule has 1 atom stereocenters. The number of ether oxygens (including phenoxy) is 1. The standard InChI is InChI=1S/C13H24ClNO2/c1-6-12(2,3)11(16)17-10-7-8-15(14)13(4,5)9-10/h10H,6-9H2,1-5H3. The smallest absolute Gasteiger partial charge is 0.311 e. The molecule has 0 aliphatic carbocycles. The van der Waals surface area contributed by atoms with Crippen LogP contribution in [0.5, 0.6) is 0 Å². The number of halogens is 1. The zero-order valence-corrected chi connectivity index (χ0v) is 12.3.